The third kappa shape index (κ3) is 6.86. The van der Waals surface area contributed by atoms with E-state index in [2.05, 4.69) is 35.5 Å². The lowest BCUT2D eigenvalue weighted by molar-refractivity contribution is -0.137. The van der Waals surface area contributed by atoms with E-state index in [0.29, 0.717) is 68.4 Å². The van der Waals surface area contributed by atoms with Crippen LogP contribution in [0.1, 0.15) is 32.3 Å². The summed E-state index contributed by atoms with van der Waals surface area (Å²) < 4.78 is 39.1. The van der Waals surface area contributed by atoms with Gasteiger partial charge < -0.3 is 20.4 Å². The maximum absolute atomic E-state index is 13.4. The minimum absolute atomic E-state index is 0.108. The molecule has 2 N–H and O–H groups in total. The van der Waals surface area contributed by atoms with Gasteiger partial charge in [-0.1, -0.05) is 49.2 Å². The lowest BCUT2D eigenvalue weighted by Crippen LogP contribution is -2.53. The van der Waals surface area contributed by atoms with Gasteiger partial charge in [-0.05, 0) is 66.5 Å². The molecule has 1 saturated heterocycles. The number of benzene rings is 2. The van der Waals surface area contributed by atoms with E-state index in [4.69, 9.17) is 11.6 Å². The summed E-state index contributed by atoms with van der Waals surface area (Å²) in [5, 5.41) is 6.12. The van der Waals surface area contributed by atoms with Crippen molar-refractivity contribution in [3.05, 3.63) is 70.8 Å². The lowest BCUT2D eigenvalue weighted by Gasteiger charge is -2.57. The van der Waals surface area contributed by atoms with Gasteiger partial charge in [0.25, 0.3) is 0 Å². The number of halogens is 4. The van der Waals surface area contributed by atoms with Crippen LogP contribution in [0, 0.1) is 17.3 Å². The molecule has 11 heteroatoms. The number of hydrogen-bond acceptors (Lipinski definition) is 3. The third-order valence-electron chi connectivity index (χ3n) is 9.11. The quantitative estimate of drug-likeness (QED) is 0.334. The van der Waals surface area contributed by atoms with Gasteiger partial charge in [-0.15, -0.1) is 0 Å². The smallest absolute Gasteiger partial charge is 0.322 e. The van der Waals surface area contributed by atoms with Gasteiger partial charge >= 0.3 is 18.2 Å². The zero-order valence-corrected chi connectivity index (χ0v) is 24.6. The van der Waals surface area contributed by atoms with E-state index in [0.717, 1.165) is 18.6 Å². The zero-order valence-electron chi connectivity index (χ0n) is 23.9. The molecule has 42 heavy (non-hydrogen) atoms. The number of allylic oxidation sites excluding steroid dienone is 1. The van der Waals surface area contributed by atoms with Crippen molar-refractivity contribution in [2.45, 2.75) is 32.9 Å². The molecular weight excluding hydrogens is 567 g/mol. The van der Waals surface area contributed by atoms with Gasteiger partial charge in [-0.2, -0.15) is 13.2 Å². The van der Waals surface area contributed by atoms with Crippen LogP contribution in [0.5, 0.6) is 0 Å². The average molecular weight is 604 g/mol. The van der Waals surface area contributed by atoms with Gasteiger partial charge in [0.05, 0.1) is 5.56 Å². The van der Waals surface area contributed by atoms with Crippen molar-refractivity contribution >= 4 is 35.0 Å². The molecule has 4 aliphatic rings. The number of alkyl halides is 3. The van der Waals surface area contributed by atoms with E-state index < -0.39 is 17.8 Å². The van der Waals surface area contributed by atoms with E-state index in [1.807, 2.05) is 11.0 Å². The van der Waals surface area contributed by atoms with Crippen LogP contribution < -0.4 is 10.6 Å². The number of rotatable bonds is 7. The molecule has 3 aliphatic carbocycles. The Hall–Kier alpha value is -3.24. The molecular formula is C31H37ClF3N5O2. The summed E-state index contributed by atoms with van der Waals surface area (Å²) in [6.45, 7) is 8.40. The molecule has 4 amide bonds. The summed E-state index contributed by atoms with van der Waals surface area (Å²) in [6, 6.07) is 11.1. The molecule has 1 aliphatic heterocycles. The van der Waals surface area contributed by atoms with Gasteiger partial charge in [0.2, 0.25) is 0 Å². The fraction of sp³-hybridized carbons (Fsp3) is 0.484. The number of piperazine rings is 1. The first-order valence-corrected chi connectivity index (χ1v) is 14.7. The molecule has 2 unspecified atom stereocenters. The molecule has 0 radical (unpaired) electrons. The Morgan fingerprint density at radius 3 is 2.36 bits per heavy atom. The summed E-state index contributed by atoms with van der Waals surface area (Å²) in [6.07, 6.45) is 0.0566. The Labute approximate surface area is 249 Å². The highest BCUT2D eigenvalue weighted by molar-refractivity contribution is 6.30. The molecule has 2 aromatic carbocycles. The maximum atomic E-state index is 13.4. The Kier molecular flexibility index (Phi) is 8.76. The van der Waals surface area contributed by atoms with Crippen LogP contribution in [0.3, 0.4) is 0 Å². The predicted octanol–water partition coefficient (Wildman–Crippen LogP) is 7.03. The predicted molar refractivity (Wildman–Crippen MR) is 159 cm³/mol. The monoisotopic (exact) mass is 603 g/mol. The minimum Gasteiger partial charge on any atom is -0.322 e. The number of carbonyl (C=O) groups excluding carboxylic acids is 2. The van der Waals surface area contributed by atoms with Gasteiger partial charge in [0.15, 0.2) is 0 Å². The van der Waals surface area contributed by atoms with Crippen LogP contribution in [0.4, 0.5) is 34.1 Å². The molecule has 2 bridgehead atoms. The standard InChI is InChI=1S/C31H37ClF3N5O2/c1-30(2)22-10-9-21(27(30)18-22)20-40(29(42)37-26-8-4-6-24(32)19-26)16-13-38-11-14-39(15-12-38)28(41)36-25-7-3-5-23(17-25)31(33,34)35/h3-9,17,19,22,27H,10-16,18,20H2,1-2H3,(H,36,41)(H,37,42). The van der Waals surface area contributed by atoms with Crippen molar-refractivity contribution in [3.8, 4) is 0 Å². The summed E-state index contributed by atoms with van der Waals surface area (Å²) >= 11 is 6.13. The van der Waals surface area contributed by atoms with Crippen LogP contribution in [-0.2, 0) is 6.18 Å². The van der Waals surface area contributed by atoms with Crippen molar-refractivity contribution in [2.24, 2.45) is 17.3 Å². The van der Waals surface area contributed by atoms with Gasteiger partial charge in [-0.3, -0.25) is 4.90 Å². The molecule has 2 fully saturated rings. The van der Waals surface area contributed by atoms with Crippen molar-refractivity contribution in [1.29, 1.82) is 0 Å². The van der Waals surface area contributed by atoms with Crippen molar-refractivity contribution in [1.82, 2.24) is 14.7 Å². The maximum Gasteiger partial charge on any atom is 0.416 e. The van der Waals surface area contributed by atoms with Crippen LogP contribution in [0.25, 0.3) is 0 Å². The Morgan fingerprint density at radius 2 is 1.71 bits per heavy atom. The first kappa shape index (κ1) is 30.2. The zero-order chi connectivity index (χ0) is 30.1. The first-order chi connectivity index (χ1) is 19.9. The van der Waals surface area contributed by atoms with Crippen LogP contribution in [-0.4, -0.2) is 72.6 Å². The lowest BCUT2D eigenvalue weighted by atomic mass is 9.49. The minimum atomic E-state index is -4.48. The second-order valence-electron chi connectivity index (χ2n) is 12.0. The van der Waals surface area contributed by atoms with Crippen LogP contribution >= 0.6 is 11.6 Å². The van der Waals surface area contributed by atoms with Crippen molar-refractivity contribution < 1.29 is 22.8 Å². The SMILES string of the molecule is CC1(C)C2CC=C(CN(CCN3CCN(C(=O)Nc4cccc(C(F)(F)F)c4)CC3)C(=O)Nc3cccc(Cl)c3)C1C2. The Bertz CT molecular complexity index is 1340. The third-order valence-corrected chi connectivity index (χ3v) is 9.34. The highest BCUT2D eigenvalue weighted by Gasteiger charge is 2.51. The van der Waals surface area contributed by atoms with Crippen LogP contribution in [0.15, 0.2) is 60.2 Å². The van der Waals surface area contributed by atoms with Gasteiger partial charge in [0, 0.05) is 62.2 Å². The normalized spacial score (nSPS) is 21.7. The molecule has 1 heterocycles. The molecule has 2 aromatic rings. The number of anilines is 2. The first-order valence-electron chi connectivity index (χ1n) is 14.4. The van der Waals surface area contributed by atoms with Crippen LogP contribution in [0.2, 0.25) is 5.02 Å². The fourth-order valence-corrected chi connectivity index (χ4v) is 6.50. The number of nitrogens with zero attached hydrogens (tertiary/aromatic N) is 3. The van der Waals surface area contributed by atoms with E-state index in [9.17, 15) is 22.8 Å². The van der Waals surface area contributed by atoms with E-state index in [1.54, 1.807) is 23.1 Å². The highest BCUT2D eigenvalue weighted by atomic mass is 35.5. The molecule has 0 aromatic heterocycles. The number of hydrogen-bond donors (Lipinski definition) is 2. The molecule has 226 valence electrons. The van der Waals surface area contributed by atoms with Crippen molar-refractivity contribution in [2.75, 3.05) is 56.4 Å². The average Bonchev–Trinajstić information content (AvgIpc) is 2.95. The molecule has 0 spiro atoms. The second kappa shape index (κ2) is 12.2. The Morgan fingerprint density at radius 1 is 1.02 bits per heavy atom. The summed E-state index contributed by atoms with van der Waals surface area (Å²) in [7, 11) is 0. The largest absolute Gasteiger partial charge is 0.416 e. The highest BCUT2D eigenvalue weighted by Crippen LogP contribution is 2.59. The number of carbonyl (C=O) groups is 2. The molecule has 7 nitrogen and oxygen atoms in total. The number of amides is 4. The molecule has 2 atom stereocenters. The van der Waals surface area contributed by atoms with E-state index in [-0.39, 0.29) is 17.1 Å². The van der Waals surface area contributed by atoms with Crippen molar-refractivity contribution in [3.63, 3.8) is 0 Å². The van der Waals surface area contributed by atoms with Gasteiger partial charge in [-0.25, -0.2) is 9.59 Å². The fourth-order valence-electron chi connectivity index (χ4n) is 6.31. The second-order valence-corrected chi connectivity index (χ2v) is 12.5. The van der Waals surface area contributed by atoms with E-state index in [1.165, 1.54) is 24.1 Å². The summed E-state index contributed by atoms with van der Waals surface area (Å²) in [5.74, 6) is 1.19. The number of nitrogens with one attached hydrogen (secondary N) is 2. The topological polar surface area (TPSA) is 67.9 Å². The number of urea groups is 2. The van der Waals surface area contributed by atoms with Gasteiger partial charge in [0.1, 0.15) is 0 Å². The molecule has 1 saturated carbocycles. The molecule has 6 rings (SSSR count). The Balaban J connectivity index is 1.17. The summed E-state index contributed by atoms with van der Waals surface area (Å²) in [4.78, 5) is 31.8. The number of fused-ring (bicyclic) bond motifs is 1. The van der Waals surface area contributed by atoms with E-state index >= 15 is 0 Å². The summed E-state index contributed by atoms with van der Waals surface area (Å²) in [5.41, 5.74) is 1.51.